The van der Waals surface area contributed by atoms with Crippen LogP contribution in [0.5, 0.6) is 0 Å². The third-order valence-corrected chi connectivity index (χ3v) is 3.77. The Morgan fingerprint density at radius 1 is 0.852 bits per heavy atom. The van der Waals surface area contributed by atoms with Gasteiger partial charge in [-0.1, -0.05) is 44.1 Å². The molecule has 0 saturated carbocycles. The normalized spacial score (nSPS) is 12.8. The Balaban J connectivity index is 4.60. The quantitative estimate of drug-likeness (QED) is 0.154. The maximum Gasteiger partial charge on any atom is 0.253 e. The zero-order valence-electron chi connectivity index (χ0n) is 16.0. The summed E-state index contributed by atoms with van der Waals surface area (Å²) in [6.07, 6.45) is 18.5. The van der Waals surface area contributed by atoms with E-state index in [-0.39, 0.29) is 17.8 Å². The van der Waals surface area contributed by atoms with Gasteiger partial charge in [0.15, 0.2) is 6.29 Å². The summed E-state index contributed by atoms with van der Waals surface area (Å²) in [7, 11) is 0. The van der Waals surface area contributed by atoms with E-state index in [9.17, 15) is 25.0 Å². The first-order chi connectivity index (χ1) is 13.0. The van der Waals surface area contributed by atoms with Gasteiger partial charge in [0, 0.05) is 6.42 Å². The number of hydrogen-bond donors (Lipinski definition) is 0. The molecule has 1 radical (unpaired) electrons. The summed E-state index contributed by atoms with van der Waals surface area (Å²) in [5.41, 5.74) is -0.303. The van der Waals surface area contributed by atoms with Crippen molar-refractivity contribution in [1.82, 2.24) is 0 Å². The molecule has 149 valence electrons. The Labute approximate surface area is 160 Å². The van der Waals surface area contributed by atoms with Gasteiger partial charge in [-0.2, -0.15) is 0 Å². The smallest absolute Gasteiger partial charge is 0.253 e. The summed E-state index contributed by atoms with van der Waals surface area (Å²) >= 11 is 0. The van der Waals surface area contributed by atoms with Gasteiger partial charge < -0.3 is 0 Å². The molecule has 0 aromatic heterocycles. The van der Waals surface area contributed by atoms with E-state index in [4.69, 9.17) is 0 Å². The lowest BCUT2D eigenvalue weighted by Gasteiger charge is -1.99. The molecule has 0 spiro atoms. The predicted molar refractivity (Wildman–Crippen MR) is 106 cm³/mol. The first kappa shape index (κ1) is 24.4. The zero-order valence-corrected chi connectivity index (χ0v) is 16.0. The van der Waals surface area contributed by atoms with Crippen molar-refractivity contribution in [2.45, 2.75) is 71.1 Å². The molecule has 0 rings (SSSR count). The van der Waals surface area contributed by atoms with Crippen molar-refractivity contribution in [2.75, 3.05) is 0 Å². The monoisotopic (exact) mass is 377 g/mol. The van der Waals surface area contributed by atoms with Crippen LogP contribution in [0.15, 0.2) is 47.9 Å². The molecule has 0 bridgehead atoms. The molecule has 0 atom stereocenters. The predicted octanol–water partition coefficient (Wildman–Crippen LogP) is 5.45. The molecule has 0 aliphatic heterocycles. The number of nitro groups is 2. The standard InChI is InChI=1S/C20H29N2O5/c1-2-3-4-5-6-9-12-15-19(21(24)25)18-20(22(26)27)16-13-10-7-8-11-14-17-23/h3-4,6,9,15-16H,2,5,7-8,10-14,18H2,1H3/b4-3+,9-6+,19-15-,20-16-. The SMILES string of the molecule is CC/C=C/C/C=C/C/C=C(/C/C(=C/CCCCCC[C]=O)[N+](=O)[O-])[N+](=O)[O-]. The van der Waals surface area contributed by atoms with Crippen LogP contribution in [0.4, 0.5) is 0 Å². The van der Waals surface area contributed by atoms with Crippen molar-refractivity contribution in [1.29, 1.82) is 0 Å². The van der Waals surface area contributed by atoms with Crippen LogP contribution in [-0.4, -0.2) is 16.1 Å². The van der Waals surface area contributed by atoms with Crippen molar-refractivity contribution < 1.29 is 14.6 Å². The molecule has 0 aromatic carbocycles. The van der Waals surface area contributed by atoms with Crippen LogP contribution in [-0.2, 0) is 4.79 Å². The number of nitrogens with zero attached hydrogens (tertiary/aromatic N) is 2. The van der Waals surface area contributed by atoms with Crippen molar-refractivity contribution in [2.24, 2.45) is 0 Å². The highest BCUT2D eigenvalue weighted by Crippen LogP contribution is 2.16. The van der Waals surface area contributed by atoms with Gasteiger partial charge in [-0.25, -0.2) is 0 Å². The number of carbonyl (C=O) groups excluding carboxylic acids is 1. The highest BCUT2D eigenvalue weighted by Gasteiger charge is 2.20. The van der Waals surface area contributed by atoms with Gasteiger partial charge in [0.05, 0.1) is 9.85 Å². The van der Waals surface area contributed by atoms with Crippen LogP contribution in [0, 0.1) is 20.2 Å². The Morgan fingerprint density at radius 2 is 1.44 bits per heavy atom. The summed E-state index contributed by atoms with van der Waals surface area (Å²) < 4.78 is 0. The molecule has 0 fully saturated rings. The summed E-state index contributed by atoms with van der Waals surface area (Å²) in [6.45, 7) is 2.04. The Bertz CT molecular complexity index is 577. The number of rotatable bonds is 16. The van der Waals surface area contributed by atoms with E-state index in [0.717, 1.165) is 38.5 Å². The van der Waals surface area contributed by atoms with Crippen molar-refractivity contribution >= 4 is 6.29 Å². The van der Waals surface area contributed by atoms with Crippen molar-refractivity contribution in [3.63, 3.8) is 0 Å². The fourth-order valence-corrected chi connectivity index (χ4v) is 2.31. The molecule has 7 nitrogen and oxygen atoms in total. The van der Waals surface area contributed by atoms with Crippen LogP contribution in [0.1, 0.15) is 71.1 Å². The van der Waals surface area contributed by atoms with Gasteiger partial charge in [-0.15, -0.1) is 0 Å². The van der Waals surface area contributed by atoms with Gasteiger partial charge in [-0.3, -0.25) is 25.0 Å². The van der Waals surface area contributed by atoms with Crippen LogP contribution in [0.2, 0.25) is 0 Å². The highest BCUT2D eigenvalue weighted by molar-refractivity contribution is 5.50. The Morgan fingerprint density at radius 3 is 2.07 bits per heavy atom. The van der Waals surface area contributed by atoms with Gasteiger partial charge in [-0.05, 0) is 50.7 Å². The maximum absolute atomic E-state index is 11.2. The summed E-state index contributed by atoms with van der Waals surface area (Å²) in [4.78, 5) is 31.3. The van der Waals surface area contributed by atoms with E-state index in [2.05, 4.69) is 0 Å². The van der Waals surface area contributed by atoms with Gasteiger partial charge in [0.25, 0.3) is 11.4 Å². The van der Waals surface area contributed by atoms with Gasteiger partial charge >= 0.3 is 0 Å². The van der Waals surface area contributed by atoms with Crippen LogP contribution in [0.25, 0.3) is 0 Å². The van der Waals surface area contributed by atoms with E-state index in [1.807, 2.05) is 37.5 Å². The number of hydrogen-bond acceptors (Lipinski definition) is 5. The Hall–Kier alpha value is -2.57. The summed E-state index contributed by atoms with van der Waals surface area (Å²) in [5, 5.41) is 22.3. The molecule has 0 heterocycles. The fraction of sp³-hybridized carbons (Fsp3) is 0.550. The second-order valence-electron chi connectivity index (χ2n) is 6.00. The molecule has 0 saturated heterocycles. The van der Waals surface area contributed by atoms with E-state index < -0.39 is 9.85 Å². The molecular formula is C20H29N2O5. The topological polar surface area (TPSA) is 103 Å². The lowest BCUT2D eigenvalue weighted by Crippen LogP contribution is -2.06. The lowest BCUT2D eigenvalue weighted by atomic mass is 10.1. The summed E-state index contributed by atoms with van der Waals surface area (Å²) in [5.74, 6) is 0. The highest BCUT2D eigenvalue weighted by atomic mass is 16.6. The third-order valence-electron chi connectivity index (χ3n) is 3.77. The molecule has 0 aliphatic rings. The Kier molecular flexibility index (Phi) is 15.3. The van der Waals surface area contributed by atoms with Crippen molar-refractivity contribution in [3.05, 3.63) is 68.1 Å². The summed E-state index contributed by atoms with van der Waals surface area (Å²) in [6, 6.07) is 0. The largest absolute Gasteiger partial charge is 0.291 e. The molecule has 0 N–H and O–H groups in total. The van der Waals surface area contributed by atoms with Gasteiger partial charge in [0.1, 0.15) is 6.42 Å². The number of allylic oxidation sites excluding steroid dienone is 6. The third kappa shape index (κ3) is 14.3. The molecule has 0 amide bonds. The van der Waals surface area contributed by atoms with E-state index in [1.165, 1.54) is 12.2 Å². The molecule has 7 heteroatoms. The van der Waals surface area contributed by atoms with Gasteiger partial charge in [0.2, 0.25) is 0 Å². The van der Waals surface area contributed by atoms with Crippen LogP contribution < -0.4 is 0 Å². The maximum atomic E-state index is 11.2. The fourth-order valence-electron chi connectivity index (χ4n) is 2.31. The molecule has 27 heavy (non-hydrogen) atoms. The lowest BCUT2D eigenvalue weighted by molar-refractivity contribution is -0.450. The minimum atomic E-state index is -0.557. The molecule has 0 aliphatic carbocycles. The second-order valence-corrected chi connectivity index (χ2v) is 6.00. The molecule has 0 unspecified atom stereocenters. The van der Waals surface area contributed by atoms with E-state index in [0.29, 0.717) is 19.3 Å². The van der Waals surface area contributed by atoms with E-state index in [1.54, 1.807) is 0 Å². The minimum absolute atomic E-state index is 0.144. The average Bonchev–Trinajstić information content (AvgIpc) is 2.63. The number of unbranched alkanes of at least 4 members (excludes halogenated alkanes) is 5. The average molecular weight is 377 g/mol. The van der Waals surface area contributed by atoms with E-state index >= 15 is 0 Å². The van der Waals surface area contributed by atoms with Crippen LogP contribution in [0.3, 0.4) is 0 Å². The first-order valence-electron chi connectivity index (χ1n) is 9.34. The second kappa shape index (κ2) is 16.9. The van der Waals surface area contributed by atoms with Crippen molar-refractivity contribution in [3.8, 4) is 0 Å². The minimum Gasteiger partial charge on any atom is -0.291 e. The van der Waals surface area contributed by atoms with Crippen LogP contribution >= 0.6 is 0 Å². The molecule has 0 aromatic rings. The zero-order chi connectivity index (χ0) is 20.3. The first-order valence-corrected chi connectivity index (χ1v) is 9.34. The molecular weight excluding hydrogens is 348 g/mol.